The highest BCUT2D eigenvalue weighted by molar-refractivity contribution is 5.77. The molecule has 1 aromatic carbocycles. The Kier molecular flexibility index (Phi) is 6.76. The van der Waals surface area contributed by atoms with Gasteiger partial charge in [0.15, 0.2) is 0 Å². The van der Waals surface area contributed by atoms with Crippen molar-refractivity contribution >= 4 is 5.91 Å². The second kappa shape index (κ2) is 8.44. The van der Waals surface area contributed by atoms with Gasteiger partial charge in [0.1, 0.15) is 0 Å². The number of methoxy groups -OCH3 is 1. The number of carbonyl (C=O) groups is 1. The fourth-order valence-electron chi connectivity index (χ4n) is 1.55. The van der Waals surface area contributed by atoms with Crippen LogP contribution >= 0.6 is 0 Å². The summed E-state index contributed by atoms with van der Waals surface area (Å²) in [4.78, 5) is 11.5. The maximum Gasteiger partial charge on any atom is 0.234 e. The molecule has 0 saturated carbocycles. The summed E-state index contributed by atoms with van der Waals surface area (Å²) in [5.41, 5.74) is 2.18. The van der Waals surface area contributed by atoms with Crippen LogP contribution in [0.1, 0.15) is 11.1 Å². The van der Waals surface area contributed by atoms with Crippen LogP contribution in [0.5, 0.6) is 0 Å². The van der Waals surface area contributed by atoms with E-state index in [4.69, 9.17) is 4.74 Å². The van der Waals surface area contributed by atoms with E-state index < -0.39 is 0 Å². The first-order valence-corrected chi connectivity index (χ1v) is 5.91. The minimum Gasteiger partial charge on any atom is -0.380 e. The number of rotatable bonds is 8. The van der Waals surface area contributed by atoms with E-state index in [0.717, 1.165) is 11.1 Å². The molecule has 98 valence electrons. The largest absolute Gasteiger partial charge is 0.380 e. The van der Waals surface area contributed by atoms with Gasteiger partial charge in [0.25, 0.3) is 0 Å². The van der Waals surface area contributed by atoms with Gasteiger partial charge in [0.05, 0.1) is 13.2 Å². The Balaban J connectivity index is 2.35. The molecule has 0 aliphatic carbocycles. The maximum absolute atomic E-state index is 11.5. The zero-order chi connectivity index (χ0) is 13.2. The van der Waals surface area contributed by atoms with E-state index in [9.17, 15) is 4.79 Å². The van der Waals surface area contributed by atoms with E-state index in [2.05, 4.69) is 17.2 Å². The van der Waals surface area contributed by atoms with Crippen LogP contribution in [0.15, 0.2) is 36.9 Å². The van der Waals surface area contributed by atoms with Gasteiger partial charge in [-0.15, -0.1) is 6.58 Å². The summed E-state index contributed by atoms with van der Waals surface area (Å²) >= 11 is 0. The highest BCUT2D eigenvalue weighted by Crippen LogP contribution is 2.05. The Bertz CT molecular complexity index is 391. The van der Waals surface area contributed by atoms with Crippen LogP contribution < -0.4 is 10.6 Å². The molecular formula is C14H20N2O2. The average molecular weight is 248 g/mol. The Hall–Kier alpha value is -1.65. The van der Waals surface area contributed by atoms with Crippen LogP contribution in [0.2, 0.25) is 0 Å². The third-order valence-corrected chi connectivity index (χ3v) is 2.37. The zero-order valence-electron chi connectivity index (χ0n) is 10.7. The van der Waals surface area contributed by atoms with Gasteiger partial charge in [-0.1, -0.05) is 30.3 Å². The molecule has 0 spiro atoms. The molecular weight excluding hydrogens is 228 g/mol. The topological polar surface area (TPSA) is 50.4 Å². The second-order valence-corrected chi connectivity index (χ2v) is 3.95. The zero-order valence-corrected chi connectivity index (χ0v) is 10.7. The highest BCUT2D eigenvalue weighted by atomic mass is 16.5. The van der Waals surface area contributed by atoms with E-state index in [1.807, 2.05) is 24.3 Å². The Labute approximate surface area is 108 Å². The van der Waals surface area contributed by atoms with Crippen LogP contribution in [0.25, 0.3) is 0 Å². The van der Waals surface area contributed by atoms with Gasteiger partial charge in [-0.3, -0.25) is 4.79 Å². The molecule has 4 nitrogen and oxygen atoms in total. The van der Waals surface area contributed by atoms with Crippen LogP contribution in [0.4, 0.5) is 0 Å². The number of nitrogens with one attached hydrogen (secondary N) is 2. The highest BCUT2D eigenvalue weighted by Gasteiger charge is 2.00. The van der Waals surface area contributed by atoms with Gasteiger partial charge in [-0.2, -0.15) is 0 Å². The Morgan fingerprint density at radius 2 is 2.22 bits per heavy atom. The predicted octanol–water partition coefficient (Wildman–Crippen LogP) is 1.22. The van der Waals surface area contributed by atoms with Crippen molar-refractivity contribution < 1.29 is 9.53 Å². The molecule has 1 rings (SSSR count). The van der Waals surface area contributed by atoms with Crippen LogP contribution in [0.3, 0.4) is 0 Å². The first-order chi connectivity index (χ1) is 8.76. The summed E-state index contributed by atoms with van der Waals surface area (Å²) in [7, 11) is 1.67. The fourth-order valence-corrected chi connectivity index (χ4v) is 1.55. The molecule has 0 unspecified atom stereocenters. The van der Waals surface area contributed by atoms with Gasteiger partial charge in [0, 0.05) is 20.2 Å². The maximum atomic E-state index is 11.5. The van der Waals surface area contributed by atoms with Gasteiger partial charge in [-0.25, -0.2) is 0 Å². The standard InChI is InChI=1S/C14H20N2O2/c1-3-7-15-10-14(17)16-9-12-5-4-6-13(8-12)11-18-2/h3-6,8,15H,1,7,9-11H2,2H3,(H,16,17). The Morgan fingerprint density at radius 1 is 1.44 bits per heavy atom. The molecule has 2 N–H and O–H groups in total. The van der Waals surface area contributed by atoms with Crippen LogP contribution in [-0.4, -0.2) is 26.1 Å². The van der Waals surface area contributed by atoms with E-state index in [-0.39, 0.29) is 5.91 Å². The molecule has 0 saturated heterocycles. The minimum absolute atomic E-state index is 0.0194. The molecule has 4 heteroatoms. The monoisotopic (exact) mass is 248 g/mol. The number of carbonyl (C=O) groups excluding carboxylic acids is 1. The average Bonchev–Trinajstić information content (AvgIpc) is 2.38. The summed E-state index contributed by atoms with van der Waals surface area (Å²) < 4.78 is 5.07. The molecule has 0 atom stereocenters. The van der Waals surface area contributed by atoms with Crippen molar-refractivity contribution in [1.29, 1.82) is 0 Å². The van der Waals surface area contributed by atoms with E-state index in [1.54, 1.807) is 13.2 Å². The summed E-state index contributed by atoms with van der Waals surface area (Å²) in [5.74, 6) is -0.0194. The van der Waals surface area contributed by atoms with Crippen molar-refractivity contribution in [2.75, 3.05) is 20.2 Å². The number of hydrogen-bond donors (Lipinski definition) is 2. The molecule has 1 aromatic rings. The van der Waals surface area contributed by atoms with Gasteiger partial charge in [-0.05, 0) is 11.1 Å². The summed E-state index contributed by atoms with van der Waals surface area (Å²) in [6.45, 7) is 5.64. The molecule has 0 fully saturated rings. The fraction of sp³-hybridized carbons (Fsp3) is 0.357. The second-order valence-electron chi connectivity index (χ2n) is 3.95. The lowest BCUT2D eigenvalue weighted by atomic mass is 10.1. The van der Waals surface area contributed by atoms with Crippen molar-refractivity contribution in [2.45, 2.75) is 13.2 Å². The SMILES string of the molecule is C=CCNCC(=O)NCc1cccc(COC)c1. The molecule has 18 heavy (non-hydrogen) atoms. The first-order valence-electron chi connectivity index (χ1n) is 5.91. The minimum atomic E-state index is -0.0194. The van der Waals surface area contributed by atoms with Crippen LogP contribution in [-0.2, 0) is 22.7 Å². The summed E-state index contributed by atoms with van der Waals surface area (Å²) in [5, 5.41) is 5.80. The lowest BCUT2D eigenvalue weighted by Crippen LogP contribution is -2.33. The van der Waals surface area contributed by atoms with E-state index in [0.29, 0.717) is 26.2 Å². The van der Waals surface area contributed by atoms with Crippen molar-refractivity contribution in [3.8, 4) is 0 Å². The first kappa shape index (κ1) is 14.4. The smallest absolute Gasteiger partial charge is 0.234 e. The molecule has 0 aromatic heterocycles. The van der Waals surface area contributed by atoms with Crippen molar-refractivity contribution in [3.05, 3.63) is 48.0 Å². The number of benzene rings is 1. The van der Waals surface area contributed by atoms with Crippen molar-refractivity contribution in [2.24, 2.45) is 0 Å². The summed E-state index contributed by atoms with van der Waals surface area (Å²) in [6.07, 6.45) is 1.72. The van der Waals surface area contributed by atoms with Crippen molar-refractivity contribution in [1.82, 2.24) is 10.6 Å². The quantitative estimate of drug-likeness (QED) is 0.537. The third-order valence-electron chi connectivity index (χ3n) is 2.37. The van der Waals surface area contributed by atoms with Gasteiger partial charge < -0.3 is 15.4 Å². The lowest BCUT2D eigenvalue weighted by Gasteiger charge is -2.07. The third kappa shape index (κ3) is 5.61. The molecule has 0 aliphatic heterocycles. The Morgan fingerprint density at radius 3 is 2.94 bits per heavy atom. The van der Waals surface area contributed by atoms with Gasteiger partial charge in [0.2, 0.25) is 5.91 Å². The molecule has 0 bridgehead atoms. The van der Waals surface area contributed by atoms with E-state index in [1.165, 1.54) is 0 Å². The normalized spacial score (nSPS) is 10.1. The number of amides is 1. The van der Waals surface area contributed by atoms with Crippen LogP contribution in [0, 0.1) is 0 Å². The molecule has 0 heterocycles. The molecule has 0 radical (unpaired) electrons. The molecule has 0 aliphatic rings. The molecule has 1 amide bonds. The lowest BCUT2D eigenvalue weighted by molar-refractivity contribution is -0.120. The summed E-state index contributed by atoms with van der Waals surface area (Å²) in [6, 6.07) is 7.98. The number of ether oxygens (including phenoxy) is 1. The van der Waals surface area contributed by atoms with Gasteiger partial charge >= 0.3 is 0 Å². The predicted molar refractivity (Wildman–Crippen MR) is 72.1 cm³/mol. The number of hydrogen-bond acceptors (Lipinski definition) is 3. The van der Waals surface area contributed by atoms with Crippen molar-refractivity contribution in [3.63, 3.8) is 0 Å². The van der Waals surface area contributed by atoms with E-state index >= 15 is 0 Å².